The molecule has 0 aromatic heterocycles. The van der Waals surface area contributed by atoms with Crippen molar-refractivity contribution in [1.82, 2.24) is 9.80 Å². The Labute approximate surface area is 159 Å². The van der Waals surface area contributed by atoms with Crippen LogP contribution in [0, 0.1) is 5.92 Å². The number of piperidine rings is 1. The molecular weight excluding hydrogens is 348 g/mol. The first-order valence-electron chi connectivity index (χ1n) is 9.32. The minimum Gasteiger partial charge on any atom is -0.497 e. The quantitative estimate of drug-likeness (QED) is 0.551. The van der Waals surface area contributed by atoms with Gasteiger partial charge in [-0.15, -0.1) is 0 Å². The Hall–Kier alpha value is -2.41. The lowest BCUT2D eigenvalue weighted by Crippen LogP contribution is -2.47. The fourth-order valence-electron chi connectivity index (χ4n) is 3.83. The Kier molecular flexibility index (Phi) is 6.11. The maximum absolute atomic E-state index is 12.8. The van der Waals surface area contributed by atoms with Gasteiger partial charge >= 0.3 is 5.97 Å². The molecule has 2 fully saturated rings. The second-order valence-corrected chi connectivity index (χ2v) is 7.04. The molecule has 2 heterocycles. The van der Waals surface area contributed by atoms with Crippen LogP contribution in [0.1, 0.15) is 24.8 Å². The van der Waals surface area contributed by atoms with Crippen molar-refractivity contribution >= 4 is 17.8 Å². The molecule has 1 aromatic carbocycles. The number of methoxy groups -OCH3 is 2. The maximum atomic E-state index is 12.8. The topological polar surface area (TPSA) is 76.2 Å². The molecule has 0 aliphatic carbocycles. The lowest BCUT2D eigenvalue weighted by Gasteiger charge is -2.33. The van der Waals surface area contributed by atoms with Crippen molar-refractivity contribution < 1.29 is 23.9 Å². The van der Waals surface area contributed by atoms with Gasteiger partial charge in [-0.3, -0.25) is 24.2 Å². The number of benzene rings is 1. The highest BCUT2D eigenvalue weighted by molar-refractivity contribution is 6.05. The molecular formula is C20H26N2O5. The number of carbonyl (C=O) groups is 3. The molecule has 1 atom stereocenters. The van der Waals surface area contributed by atoms with Crippen LogP contribution >= 0.6 is 0 Å². The Morgan fingerprint density at radius 3 is 2.37 bits per heavy atom. The number of rotatable bonds is 6. The maximum Gasteiger partial charge on any atom is 0.308 e. The summed E-state index contributed by atoms with van der Waals surface area (Å²) in [6, 6.07) is 7.23. The van der Waals surface area contributed by atoms with Gasteiger partial charge in [0.1, 0.15) is 5.75 Å². The average molecular weight is 374 g/mol. The molecule has 7 heteroatoms. The Morgan fingerprint density at radius 2 is 1.78 bits per heavy atom. The Morgan fingerprint density at radius 1 is 1.11 bits per heavy atom. The summed E-state index contributed by atoms with van der Waals surface area (Å²) in [6.45, 7) is 1.66. The van der Waals surface area contributed by atoms with Crippen molar-refractivity contribution in [2.45, 2.75) is 31.7 Å². The summed E-state index contributed by atoms with van der Waals surface area (Å²) in [6.07, 6.45) is 2.18. The molecule has 2 aliphatic rings. The van der Waals surface area contributed by atoms with E-state index in [1.807, 2.05) is 29.2 Å². The molecule has 3 rings (SSSR count). The number of amides is 2. The number of hydrogen-bond donors (Lipinski definition) is 0. The predicted octanol–water partition coefficient (Wildman–Crippen LogP) is 1.25. The summed E-state index contributed by atoms with van der Waals surface area (Å²) in [5, 5.41) is 0. The first-order valence-corrected chi connectivity index (χ1v) is 9.32. The van der Waals surface area contributed by atoms with Crippen molar-refractivity contribution in [3.05, 3.63) is 29.8 Å². The zero-order chi connectivity index (χ0) is 19.4. The fourth-order valence-corrected chi connectivity index (χ4v) is 3.83. The molecule has 2 amide bonds. The van der Waals surface area contributed by atoms with Gasteiger partial charge in [0.25, 0.3) is 0 Å². The van der Waals surface area contributed by atoms with E-state index in [-0.39, 0.29) is 30.1 Å². The third-order valence-electron chi connectivity index (χ3n) is 5.51. The largest absolute Gasteiger partial charge is 0.497 e. The van der Waals surface area contributed by atoms with Crippen molar-refractivity contribution in [2.24, 2.45) is 5.92 Å². The van der Waals surface area contributed by atoms with Gasteiger partial charge in [-0.1, -0.05) is 12.1 Å². The molecule has 1 aromatic rings. The monoisotopic (exact) mass is 374 g/mol. The zero-order valence-electron chi connectivity index (χ0n) is 15.8. The predicted molar refractivity (Wildman–Crippen MR) is 98.1 cm³/mol. The van der Waals surface area contributed by atoms with Gasteiger partial charge in [-0.05, 0) is 50.0 Å². The Balaban J connectivity index is 1.54. The van der Waals surface area contributed by atoms with Gasteiger partial charge in [0.2, 0.25) is 11.8 Å². The van der Waals surface area contributed by atoms with E-state index in [4.69, 9.17) is 9.47 Å². The van der Waals surface area contributed by atoms with Crippen molar-refractivity contribution in [2.75, 3.05) is 33.9 Å². The zero-order valence-corrected chi connectivity index (χ0v) is 15.8. The van der Waals surface area contributed by atoms with Crippen LogP contribution in [0.2, 0.25) is 0 Å². The van der Waals surface area contributed by atoms with Crippen molar-refractivity contribution in [1.29, 1.82) is 0 Å². The third kappa shape index (κ3) is 4.30. The van der Waals surface area contributed by atoms with Gasteiger partial charge in [-0.2, -0.15) is 0 Å². The van der Waals surface area contributed by atoms with E-state index < -0.39 is 6.04 Å². The highest BCUT2D eigenvalue weighted by atomic mass is 16.5. The Bertz CT molecular complexity index is 695. The van der Waals surface area contributed by atoms with Crippen molar-refractivity contribution in [3.63, 3.8) is 0 Å². The van der Waals surface area contributed by atoms with Gasteiger partial charge in [0.15, 0.2) is 0 Å². The normalized spacial score (nSPS) is 21.6. The van der Waals surface area contributed by atoms with Crippen LogP contribution in [-0.4, -0.2) is 67.5 Å². The van der Waals surface area contributed by atoms with Crippen LogP contribution in [0.4, 0.5) is 0 Å². The van der Waals surface area contributed by atoms with E-state index >= 15 is 0 Å². The summed E-state index contributed by atoms with van der Waals surface area (Å²) < 4.78 is 9.94. The van der Waals surface area contributed by atoms with Crippen LogP contribution in [0.3, 0.4) is 0 Å². The molecule has 2 aliphatic heterocycles. The summed E-state index contributed by atoms with van der Waals surface area (Å²) >= 11 is 0. The molecule has 0 radical (unpaired) electrons. The number of imide groups is 1. The third-order valence-corrected chi connectivity index (χ3v) is 5.51. The van der Waals surface area contributed by atoms with Crippen molar-refractivity contribution in [3.8, 4) is 5.75 Å². The molecule has 0 bridgehead atoms. The van der Waals surface area contributed by atoms with E-state index in [9.17, 15) is 14.4 Å². The first-order chi connectivity index (χ1) is 13.0. The van der Waals surface area contributed by atoms with E-state index in [2.05, 4.69) is 0 Å². The standard InChI is InChI=1S/C20H26N2O5/c1-26-16-5-3-14(4-6-16)7-12-22-18(23)13-17(19(22)24)21-10-8-15(9-11-21)20(25)27-2/h3-6,15,17H,7-13H2,1-2H3. The molecule has 146 valence electrons. The number of likely N-dealkylation sites (tertiary alicyclic amines) is 2. The molecule has 2 saturated heterocycles. The van der Waals surface area contributed by atoms with Crippen LogP contribution in [-0.2, 0) is 25.5 Å². The lowest BCUT2D eigenvalue weighted by molar-refractivity contribution is -0.147. The van der Waals surface area contributed by atoms with Crippen LogP contribution < -0.4 is 4.74 Å². The molecule has 7 nitrogen and oxygen atoms in total. The summed E-state index contributed by atoms with van der Waals surface area (Å²) in [5.74, 6) is 0.246. The fraction of sp³-hybridized carbons (Fsp3) is 0.550. The van der Waals surface area contributed by atoms with E-state index in [0.717, 1.165) is 11.3 Å². The highest BCUT2D eigenvalue weighted by Gasteiger charge is 2.42. The molecule has 0 N–H and O–H groups in total. The smallest absolute Gasteiger partial charge is 0.308 e. The van der Waals surface area contributed by atoms with E-state index in [1.54, 1.807) is 7.11 Å². The van der Waals surface area contributed by atoms with Gasteiger partial charge < -0.3 is 9.47 Å². The average Bonchev–Trinajstić information content (AvgIpc) is 3.00. The number of hydrogen-bond acceptors (Lipinski definition) is 6. The van der Waals surface area contributed by atoms with Crippen LogP contribution in [0.15, 0.2) is 24.3 Å². The minimum atomic E-state index is -0.396. The molecule has 0 saturated carbocycles. The molecule has 1 unspecified atom stereocenters. The van der Waals surface area contributed by atoms with E-state index in [1.165, 1.54) is 12.0 Å². The first kappa shape index (κ1) is 19.4. The van der Waals surface area contributed by atoms with Gasteiger partial charge in [-0.25, -0.2) is 0 Å². The number of esters is 1. The lowest BCUT2D eigenvalue weighted by atomic mass is 9.95. The highest BCUT2D eigenvalue weighted by Crippen LogP contribution is 2.26. The van der Waals surface area contributed by atoms with Gasteiger partial charge in [0.05, 0.1) is 32.6 Å². The minimum absolute atomic E-state index is 0.107. The second kappa shape index (κ2) is 8.52. The molecule has 27 heavy (non-hydrogen) atoms. The summed E-state index contributed by atoms with van der Waals surface area (Å²) in [7, 11) is 3.01. The summed E-state index contributed by atoms with van der Waals surface area (Å²) in [5.41, 5.74) is 1.05. The SMILES string of the molecule is COC(=O)C1CCN(C2CC(=O)N(CCc3ccc(OC)cc3)C2=O)CC1. The second-order valence-electron chi connectivity index (χ2n) is 7.04. The van der Waals surface area contributed by atoms with Crippen LogP contribution in [0.25, 0.3) is 0 Å². The number of carbonyl (C=O) groups excluding carboxylic acids is 3. The van der Waals surface area contributed by atoms with Gasteiger partial charge in [0, 0.05) is 6.54 Å². The van der Waals surface area contributed by atoms with E-state index in [0.29, 0.717) is 38.9 Å². The van der Waals surface area contributed by atoms with Crippen LogP contribution in [0.5, 0.6) is 5.75 Å². The number of ether oxygens (including phenoxy) is 2. The number of nitrogens with zero attached hydrogens (tertiary/aromatic N) is 2. The molecule has 0 spiro atoms. The summed E-state index contributed by atoms with van der Waals surface area (Å²) in [4.78, 5) is 40.2.